The van der Waals surface area contributed by atoms with Crippen molar-refractivity contribution in [1.29, 1.82) is 0 Å². The predicted octanol–water partition coefficient (Wildman–Crippen LogP) is 2.54. The Balaban J connectivity index is 1.41. The highest BCUT2D eigenvalue weighted by Crippen LogP contribution is 2.30. The number of carbonyl (C=O) groups is 1. The highest BCUT2D eigenvalue weighted by molar-refractivity contribution is 5.92. The van der Waals surface area contributed by atoms with Crippen LogP contribution in [0, 0.1) is 6.92 Å². The average molecular weight is 368 g/mol. The molecule has 4 rings (SSSR count). The van der Waals surface area contributed by atoms with Gasteiger partial charge in [0.25, 0.3) is 5.91 Å². The van der Waals surface area contributed by atoms with Crippen molar-refractivity contribution in [2.45, 2.75) is 38.9 Å². The van der Waals surface area contributed by atoms with Gasteiger partial charge in [0.15, 0.2) is 5.69 Å². The van der Waals surface area contributed by atoms with Gasteiger partial charge in [-0.2, -0.15) is 0 Å². The van der Waals surface area contributed by atoms with E-state index in [4.69, 9.17) is 4.42 Å². The van der Waals surface area contributed by atoms with Crippen molar-refractivity contribution < 1.29 is 9.21 Å². The summed E-state index contributed by atoms with van der Waals surface area (Å²) in [5.74, 6) is 0.614. The lowest BCUT2D eigenvalue weighted by atomic mass is 10.1. The maximum Gasteiger partial charge on any atom is 0.275 e. The first-order valence-corrected chi connectivity index (χ1v) is 9.81. The summed E-state index contributed by atoms with van der Waals surface area (Å²) in [6.45, 7) is 7.00. The van der Waals surface area contributed by atoms with Crippen molar-refractivity contribution >= 4 is 5.91 Å². The first kappa shape index (κ1) is 18.2. The summed E-state index contributed by atoms with van der Waals surface area (Å²) >= 11 is 0. The van der Waals surface area contributed by atoms with Gasteiger partial charge in [-0.3, -0.25) is 9.69 Å². The molecule has 0 bridgehead atoms. The largest absolute Gasteiger partial charge is 0.447 e. The van der Waals surface area contributed by atoms with Gasteiger partial charge < -0.3 is 14.2 Å². The third-order valence-corrected chi connectivity index (χ3v) is 5.60. The van der Waals surface area contributed by atoms with E-state index in [1.54, 1.807) is 0 Å². The molecule has 0 radical (unpaired) electrons. The molecule has 0 unspecified atom stereocenters. The van der Waals surface area contributed by atoms with Crippen molar-refractivity contribution in [3.05, 3.63) is 53.2 Å². The second-order valence-corrected chi connectivity index (χ2v) is 7.78. The van der Waals surface area contributed by atoms with Crippen molar-refractivity contribution in [1.82, 2.24) is 19.7 Å². The molecular formula is C21H28N4O2. The summed E-state index contributed by atoms with van der Waals surface area (Å²) in [4.78, 5) is 23.7. The van der Waals surface area contributed by atoms with Gasteiger partial charge in [-0.05, 0) is 37.9 Å². The summed E-state index contributed by atoms with van der Waals surface area (Å²) in [5, 5.41) is 0. The third kappa shape index (κ3) is 4.39. The molecule has 1 saturated heterocycles. The van der Waals surface area contributed by atoms with Crippen LogP contribution in [-0.4, -0.2) is 64.9 Å². The lowest BCUT2D eigenvalue weighted by Gasteiger charge is -2.31. The number of carbonyl (C=O) groups excluding carboxylic acids is 1. The van der Waals surface area contributed by atoms with Gasteiger partial charge in [-0.25, -0.2) is 4.98 Å². The fourth-order valence-electron chi connectivity index (χ4n) is 3.59. The molecule has 2 aromatic rings. The Hall–Kier alpha value is -2.18. The number of likely N-dealkylation sites (N-methyl/N-ethyl adjacent to an activating group) is 1. The Bertz CT molecular complexity index is 791. The highest BCUT2D eigenvalue weighted by Gasteiger charge is 2.31. The zero-order valence-electron chi connectivity index (χ0n) is 16.2. The van der Waals surface area contributed by atoms with Crippen LogP contribution in [0.15, 0.2) is 34.9 Å². The van der Waals surface area contributed by atoms with Gasteiger partial charge in [-0.15, -0.1) is 0 Å². The molecule has 2 heterocycles. The zero-order chi connectivity index (χ0) is 18.8. The van der Waals surface area contributed by atoms with E-state index in [1.807, 2.05) is 4.90 Å². The Morgan fingerprint density at radius 1 is 1.19 bits per heavy atom. The minimum Gasteiger partial charge on any atom is -0.447 e. The first-order chi connectivity index (χ1) is 13.1. The van der Waals surface area contributed by atoms with Gasteiger partial charge in [0.2, 0.25) is 5.89 Å². The molecule has 1 aliphatic heterocycles. The molecule has 2 aliphatic rings. The molecule has 1 aliphatic carbocycles. The second kappa shape index (κ2) is 7.82. The van der Waals surface area contributed by atoms with E-state index in [2.05, 4.69) is 53.0 Å². The summed E-state index contributed by atoms with van der Waals surface area (Å²) in [7, 11) is 2.08. The lowest BCUT2D eigenvalue weighted by Crippen LogP contribution is -2.47. The number of aryl methyl sites for hydroxylation is 1. The summed E-state index contributed by atoms with van der Waals surface area (Å²) in [6.07, 6.45) is 3.97. The van der Waals surface area contributed by atoms with Crippen LogP contribution in [0.5, 0.6) is 0 Å². The van der Waals surface area contributed by atoms with Crippen molar-refractivity contribution in [3.63, 3.8) is 0 Å². The summed E-state index contributed by atoms with van der Waals surface area (Å²) in [6, 6.07) is 9.09. The number of nitrogens with zero attached hydrogens (tertiary/aromatic N) is 4. The summed E-state index contributed by atoms with van der Waals surface area (Å²) in [5.41, 5.74) is 3.08. The molecule has 144 valence electrons. The van der Waals surface area contributed by atoms with Crippen LogP contribution in [-0.2, 0) is 13.1 Å². The maximum atomic E-state index is 12.7. The molecule has 2 fully saturated rings. The highest BCUT2D eigenvalue weighted by atomic mass is 16.3. The van der Waals surface area contributed by atoms with Gasteiger partial charge in [0.05, 0.1) is 6.54 Å². The van der Waals surface area contributed by atoms with Gasteiger partial charge in [0.1, 0.15) is 6.26 Å². The molecule has 1 amide bonds. The Morgan fingerprint density at radius 2 is 1.93 bits per heavy atom. The minimum absolute atomic E-state index is 0.0185. The van der Waals surface area contributed by atoms with Crippen LogP contribution in [0.1, 0.15) is 40.3 Å². The number of oxazole rings is 1. The zero-order valence-corrected chi connectivity index (χ0v) is 16.2. The van der Waals surface area contributed by atoms with Crippen LogP contribution >= 0.6 is 0 Å². The SMILES string of the molecule is Cc1ccccc1CN(Cc1nc(C(=O)N2CCN(C)CC2)co1)C1CC1. The van der Waals surface area contributed by atoms with Crippen molar-refractivity contribution in [3.8, 4) is 0 Å². The average Bonchev–Trinajstić information content (AvgIpc) is 3.42. The Labute approximate surface area is 160 Å². The minimum atomic E-state index is -0.0185. The van der Waals surface area contributed by atoms with E-state index in [-0.39, 0.29) is 5.91 Å². The lowest BCUT2D eigenvalue weighted by molar-refractivity contribution is 0.0658. The topological polar surface area (TPSA) is 52.8 Å². The molecular weight excluding hydrogens is 340 g/mol. The first-order valence-electron chi connectivity index (χ1n) is 9.81. The second-order valence-electron chi connectivity index (χ2n) is 7.78. The number of hydrogen-bond acceptors (Lipinski definition) is 5. The van der Waals surface area contributed by atoms with E-state index in [0.717, 1.165) is 32.7 Å². The standard InChI is InChI=1S/C21H28N4O2/c1-16-5-3-4-6-17(16)13-25(18-7-8-18)14-20-22-19(15-27-20)21(26)24-11-9-23(2)10-12-24/h3-6,15,18H,7-14H2,1-2H3. The molecule has 27 heavy (non-hydrogen) atoms. The fraction of sp³-hybridized carbons (Fsp3) is 0.524. The van der Waals surface area contributed by atoms with Crippen molar-refractivity contribution in [2.75, 3.05) is 33.2 Å². The number of piperazine rings is 1. The number of amides is 1. The fourth-order valence-corrected chi connectivity index (χ4v) is 3.59. The number of hydrogen-bond donors (Lipinski definition) is 0. The Kier molecular flexibility index (Phi) is 5.27. The Morgan fingerprint density at radius 3 is 2.63 bits per heavy atom. The van der Waals surface area contributed by atoms with Gasteiger partial charge >= 0.3 is 0 Å². The monoisotopic (exact) mass is 368 g/mol. The molecule has 0 spiro atoms. The molecule has 0 N–H and O–H groups in total. The van der Waals surface area contributed by atoms with Crippen LogP contribution < -0.4 is 0 Å². The van der Waals surface area contributed by atoms with E-state index in [9.17, 15) is 4.79 Å². The molecule has 6 heteroatoms. The van der Waals surface area contributed by atoms with Crippen LogP contribution in [0.25, 0.3) is 0 Å². The van der Waals surface area contributed by atoms with Crippen LogP contribution in [0.3, 0.4) is 0 Å². The van der Waals surface area contributed by atoms with E-state index < -0.39 is 0 Å². The van der Waals surface area contributed by atoms with Gasteiger partial charge in [-0.1, -0.05) is 24.3 Å². The number of aromatic nitrogens is 1. The molecule has 1 aromatic carbocycles. The van der Waals surface area contributed by atoms with E-state index in [0.29, 0.717) is 24.2 Å². The number of benzene rings is 1. The van der Waals surface area contributed by atoms with E-state index in [1.165, 1.54) is 30.2 Å². The molecule has 6 nitrogen and oxygen atoms in total. The van der Waals surface area contributed by atoms with Crippen LogP contribution in [0.4, 0.5) is 0 Å². The third-order valence-electron chi connectivity index (χ3n) is 5.60. The normalized spacial score (nSPS) is 18.3. The molecule has 1 saturated carbocycles. The number of rotatable bonds is 6. The van der Waals surface area contributed by atoms with Crippen LogP contribution in [0.2, 0.25) is 0 Å². The smallest absolute Gasteiger partial charge is 0.275 e. The molecule has 1 aromatic heterocycles. The predicted molar refractivity (Wildman–Crippen MR) is 103 cm³/mol. The summed E-state index contributed by atoms with van der Waals surface area (Å²) < 4.78 is 5.66. The van der Waals surface area contributed by atoms with Crippen molar-refractivity contribution in [2.24, 2.45) is 0 Å². The quantitative estimate of drug-likeness (QED) is 0.784. The van der Waals surface area contributed by atoms with E-state index >= 15 is 0 Å². The molecule has 0 atom stereocenters. The van der Waals surface area contributed by atoms with Gasteiger partial charge in [0, 0.05) is 38.8 Å². The maximum absolute atomic E-state index is 12.7.